The van der Waals surface area contributed by atoms with Gasteiger partial charge in [0, 0.05) is 6.42 Å². The normalized spacial score (nSPS) is 20.6. The second-order valence-corrected chi connectivity index (χ2v) is 17.9. The number of aliphatic hydroxyl groups excluding tert-OH is 5. The predicted octanol–water partition coefficient (Wildman–Crippen LogP) is 12.5. The molecule has 0 spiro atoms. The first-order chi connectivity index (χ1) is 32.3. The molecule has 7 unspecified atom stereocenters. The molecule has 9 heteroatoms. The average molecular weight is 924 g/mol. The van der Waals surface area contributed by atoms with Crippen molar-refractivity contribution in [2.75, 3.05) is 13.2 Å². The Bertz CT molecular complexity index is 1350. The van der Waals surface area contributed by atoms with Crippen LogP contribution in [0.25, 0.3) is 0 Å². The molecule has 9 nitrogen and oxygen atoms in total. The molecule has 1 fully saturated rings. The molecule has 1 amide bonds. The van der Waals surface area contributed by atoms with Crippen molar-refractivity contribution in [2.24, 2.45) is 0 Å². The van der Waals surface area contributed by atoms with Gasteiger partial charge in [0.2, 0.25) is 5.91 Å². The summed E-state index contributed by atoms with van der Waals surface area (Å²) in [5.41, 5.74) is 0. The van der Waals surface area contributed by atoms with Crippen molar-refractivity contribution >= 4 is 5.91 Å². The highest BCUT2D eigenvalue weighted by molar-refractivity contribution is 5.76. The monoisotopic (exact) mass is 924 g/mol. The van der Waals surface area contributed by atoms with E-state index in [0.717, 1.165) is 83.5 Å². The minimum absolute atomic E-state index is 0.196. The molecule has 1 heterocycles. The molecule has 0 aromatic rings. The first-order valence-corrected chi connectivity index (χ1v) is 26.5. The van der Waals surface area contributed by atoms with Gasteiger partial charge in [0.15, 0.2) is 6.29 Å². The fourth-order valence-corrected chi connectivity index (χ4v) is 7.75. The zero-order valence-electron chi connectivity index (χ0n) is 41.7. The van der Waals surface area contributed by atoms with Crippen molar-refractivity contribution in [2.45, 2.75) is 243 Å². The first-order valence-electron chi connectivity index (χ1n) is 26.5. The lowest BCUT2D eigenvalue weighted by molar-refractivity contribution is -0.302. The molecule has 0 aromatic heterocycles. The highest BCUT2D eigenvalue weighted by atomic mass is 16.7. The van der Waals surface area contributed by atoms with E-state index in [1.165, 1.54) is 96.3 Å². The molecule has 1 rings (SSSR count). The van der Waals surface area contributed by atoms with Crippen molar-refractivity contribution in [1.29, 1.82) is 0 Å². The van der Waals surface area contributed by atoms with E-state index in [2.05, 4.69) is 104 Å². The topological polar surface area (TPSA) is 149 Å². The summed E-state index contributed by atoms with van der Waals surface area (Å²) in [5, 5.41) is 54.1. The van der Waals surface area contributed by atoms with Crippen LogP contribution in [0.15, 0.2) is 97.2 Å². The summed E-state index contributed by atoms with van der Waals surface area (Å²) in [5.74, 6) is -0.196. The van der Waals surface area contributed by atoms with Crippen molar-refractivity contribution in [3.8, 4) is 0 Å². The third-order valence-corrected chi connectivity index (χ3v) is 11.9. The van der Waals surface area contributed by atoms with Crippen LogP contribution in [0.1, 0.15) is 200 Å². The zero-order valence-corrected chi connectivity index (χ0v) is 41.7. The Labute approximate surface area is 403 Å². The first kappa shape index (κ1) is 61.1. The van der Waals surface area contributed by atoms with E-state index in [0.29, 0.717) is 6.42 Å². The summed E-state index contributed by atoms with van der Waals surface area (Å²) in [4.78, 5) is 13.0. The van der Waals surface area contributed by atoms with Gasteiger partial charge in [0.05, 0.1) is 25.4 Å². The largest absolute Gasteiger partial charge is 0.394 e. The summed E-state index contributed by atoms with van der Waals surface area (Å²) in [6.07, 6.45) is 59.2. The number of unbranched alkanes of at least 4 members (excludes halogenated alkanes) is 19. The van der Waals surface area contributed by atoms with E-state index in [1.807, 2.05) is 6.08 Å². The Morgan fingerprint density at radius 1 is 0.515 bits per heavy atom. The third-order valence-electron chi connectivity index (χ3n) is 11.9. The summed E-state index contributed by atoms with van der Waals surface area (Å²) in [6, 6.07) is -0.830. The predicted molar refractivity (Wildman–Crippen MR) is 276 cm³/mol. The Balaban J connectivity index is 2.12. The van der Waals surface area contributed by atoms with E-state index < -0.39 is 49.5 Å². The smallest absolute Gasteiger partial charge is 0.220 e. The summed E-state index contributed by atoms with van der Waals surface area (Å²) in [6.45, 7) is 3.50. The molecule has 66 heavy (non-hydrogen) atoms. The number of allylic oxidation sites excluding steroid dienone is 15. The molecule has 1 aliphatic rings. The summed E-state index contributed by atoms with van der Waals surface area (Å²) < 4.78 is 11.2. The molecule has 378 valence electrons. The maximum Gasteiger partial charge on any atom is 0.220 e. The lowest BCUT2D eigenvalue weighted by Gasteiger charge is -2.40. The van der Waals surface area contributed by atoms with Crippen LogP contribution in [0.5, 0.6) is 0 Å². The molecule has 6 N–H and O–H groups in total. The molecule has 0 aromatic carbocycles. The van der Waals surface area contributed by atoms with E-state index in [9.17, 15) is 30.3 Å². The minimum Gasteiger partial charge on any atom is -0.394 e. The second kappa shape index (κ2) is 45.9. The lowest BCUT2D eigenvalue weighted by atomic mass is 9.99. The molecule has 1 aliphatic heterocycles. The fraction of sp³-hybridized carbons (Fsp3) is 0.702. The van der Waals surface area contributed by atoms with Gasteiger partial charge in [-0.2, -0.15) is 0 Å². The van der Waals surface area contributed by atoms with Crippen LogP contribution in [0.3, 0.4) is 0 Å². The van der Waals surface area contributed by atoms with Crippen LogP contribution in [0.4, 0.5) is 0 Å². The van der Waals surface area contributed by atoms with Gasteiger partial charge in [0.1, 0.15) is 24.4 Å². The van der Waals surface area contributed by atoms with Gasteiger partial charge in [-0.3, -0.25) is 4.79 Å². The van der Waals surface area contributed by atoms with Gasteiger partial charge >= 0.3 is 0 Å². The number of aliphatic hydroxyl groups is 5. The SMILES string of the molecule is CC/C=C\C/C=C\C/C=C\C/C=C\C/C=C\CCCCCCCCCCCCCCCCCCCC(=O)NC(COC1OC(CO)C(O)C(O)C1O)C(O)/C=C/CC/C=C/CC/C=C/CC. The average Bonchev–Trinajstić information content (AvgIpc) is 3.32. The van der Waals surface area contributed by atoms with E-state index in [-0.39, 0.29) is 12.5 Å². The molecular weight excluding hydrogens is 827 g/mol. The molecular formula is C57H97NO8. The summed E-state index contributed by atoms with van der Waals surface area (Å²) >= 11 is 0. The number of rotatable bonds is 43. The van der Waals surface area contributed by atoms with E-state index in [1.54, 1.807) is 6.08 Å². The van der Waals surface area contributed by atoms with Gasteiger partial charge in [-0.25, -0.2) is 0 Å². The van der Waals surface area contributed by atoms with Gasteiger partial charge < -0.3 is 40.3 Å². The standard InChI is InChI=1S/C57H97NO8/c1-3-5-7-9-11-13-15-16-17-18-19-20-21-22-23-24-25-26-27-28-29-30-31-32-33-34-35-36-37-39-41-43-45-47-53(61)58-50(49-65-57-56(64)55(63)54(62)52(48-59)66-57)51(60)46-44-42-40-38-14-12-10-8-6-4-2/h5-8,11,13-14,16-17,19-20,22-23,38,44,46,50-52,54-57,59-60,62-64H,3-4,9-10,12,15,18,21,24-37,39-43,45,47-49H2,1-2H3,(H,58,61)/b7-5-,8-6+,13-11-,17-16-,20-19-,23-22-,38-14+,46-44+. The van der Waals surface area contributed by atoms with Gasteiger partial charge in [-0.05, 0) is 83.5 Å². The van der Waals surface area contributed by atoms with Gasteiger partial charge in [-0.1, -0.05) is 207 Å². The fourth-order valence-electron chi connectivity index (χ4n) is 7.75. The highest BCUT2D eigenvalue weighted by Gasteiger charge is 2.44. The maximum atomic E-state index is 13.0. The Morgan fingerprint density at radius 3 is 1.39 bits per heavy atom. The maximum absolute atomic E-state index is 13.0. The van der Waals surface area contributed by atoms with Gasteiger partial charge in [-0.15, -0.1) is 0 Å². The zero-order chi connectivity index (χ0) is 48.0. The number of carbonyl (C=O) groups is 1. The van der Waals surface area contributed by atoms with E-state index in [4.69, 9.17) is 9.47 Å². The van der Waals surface area contributed by atoms with Crippen molar-refractivity contribution in [1.82, 2.24) is 5.32 Å². The number of amides is 1. The van der Waals surface area contributed by atoms with Gasteiger partial charge in [0.25, 0.3) is 0 Å². The molecule has 0 saturated carbocycles. The molecule has 0 radical (unpaired) electrons. The second-order valence-electron chi connectivity index (χ2n) is 17.9. The summed E-state index contributed by atoms with van der Waals surface area (Å²) in [7, 11) is 0. The number of nitrogens with one attached hydrogen (secondary N) is 1. The van der Waals surface area contributed by atoms with Crippen LogP contribution >= 0.6 is 0 Å². The van der Waals surface area contributed by atoms with Crippen molar-refractivity contribution in [3.63, 3.8) is 0 Å². The quantitative estimate of drug-likeness (QED) is 0.0262. The van der Waals surface area contributed by atoms with Crippen molar-refractivity contribution < 1.29 is 39.8 Å². The van der Waals surface area contributed by atoms with Crippen LogP contribution in [0.2, 0.25) is 0 Å². The Kier molecular flexibility index (Phi) is 42.5. The number of hydrogen-bond donors (Lipinski definition) is 6. The van der Waals surface area contributed by atoms with Crippen LogP contribution in [-0.4, -0.2) is 87.5 Å². The van der Waals surface area contributed by atoms with Crippen LogP contribution in [0, 0.1) is 0 Å². The van der Waals surface area contributed by atoms with Crippen LogP contribution < -0.4 is 5.32 Å². The molecule has 7 atom stereocenters. The molecule has 0 aliphatic carbocycles. The number of ether oxygens (including phenoxy) is 2. The van der Waals surface area contributed by atoms with E-state index >= 15 is 0 Å². The number of hydrogen-bond acceptors (Lipinski definition) is 8. The molecule has 0 bridgehead atoms. The number of carbonyl (C=O) groups excluding carboxylic acids is 1. The molecule has 1 saturated heterocycles. The Hall–Kier alpha value is -2.89. The highest BCUT2D eigenvalue weighted by Crippen LogP contribution is 2.23. The van der Waals surface area contributed by atoms with Crippen molar-refractivity contribution in [3.05, 3.63) is 97.2 Å². The Morgan fingerprint density at radius 2 is 0.909 bits per heavy atom. The third kappa shape index (κ3) is 35.3. The minimum atomic E-state index is -1.58. The van der Waals surface area contributed by atoms with Crippen LogP contribution in [-0.2, 0) is 14.3 Å². The lowest BCUT2D eigenvalue weighted by Crippen LogP contribution is -2.60.